The Kier molecular flexibility index (Phi) is 11.5. The molecule has 15 heteroatoms. The lowest BCUT2D eigenvalue weighted by Gasteiger charge is -2.38. The van der Waals surface area contributed by atoms with E-state index in [1.807, 2.05) is 24.5 Å². The maximum absolute atomic E-state index is 10.6. The molecule has 0 amide bonds. The minimum absolute atomic E-state index is 0.177. The summed E-state index contributed by atoms with van der Waals surface area (Å²) in [7, 11) is 0. The van der Waals surface area contributed by atoms with Gasteiger partial charge in [0.2, 0.25) is 0 Å². The second-order valence-corrected chi connectivity index (χ2v) is 8.40. The summed E-state index contributed by atoms with van der Waals surface area (Å²) in [5, 5.41) is 14.2. The Labute approximate surface area is 208 Å². The molecule has 3 aliphatic rings. The van der Waals surface area contributed by atoms with Crippen LogP contribution in [0.25, 0.3) is 0 Å². The number of hydrogen-bond acceptors (Lipinski definition) is 7. The number of halogens is 6. The molecule has 1 aromatic heterocycles. The van der Waals surface area contributed by atoms with Crippen LogP contribution in [0.3, 0.4) is 0 Å². The molecule has 37 heavy (non-hydrogen) atoms. The molecule has 9 nitrogen and oxygen atoms in total. The van der Waals surface area contributed by atoms with E-state index in [1.54, 1.807) is 0 Å². The predicted molar refractivity (Wildman–Crippen MR) is 114 cm³/mol. The number of pyridine rings is 1. The second-order valence-electron chi connectivity index (χ2n) is 8.40. The molecule has 0 saturated carbocycles. The van der Waals surface area contributed by atoms with E-state index in [2.05, 4.69) is 9.88 Å². The summed E-state index contributed by atoms with van der Waals surface area (Å²) in [5.41, 5.74) is 1.18. The molecule has 210 valence electrons. The van der Waals surface area contributed by atoms with Crippen molar-refractivity contribution >= 4 is 11.9 Å². The largest absolute Gasteiger partial charge is 0.490 e. The highest BCUT2D eigenvalue weighted by atomic mass is 19.4. The van der Waals surface area contributed by atoms with Gasteiger partial charge in [-0.05, 0) is 43.4 Å². The summed E-state index contributed by atoms with van der Waals surface area (Å²) < 4.78 is 81.4. The summed E-state index contributed by atoms with van der Waals surface area (Å²) >= 11 is 0. The smallest absolute Gasteiger partial charge is 0.475 e. The van der Waals surface area contributed by atoms with Gasteiger partial charge in [-0.3, -0.25) is 9.88 Å². The molecule has 0 aromatic carbocycles. The van der Waals surface area contributed by atoms with Crippen LogP contribution in [-0.2, 0) is 30.4 Å². The van der Waals surface area contributed by atoms with Crippen molar-refractivity contribution in [2.75, 3.05) is 26.4 Å². The van der Waals surface area contributed by atoms with Crippen LogP contribution >= 0.6 is 0 Å². The maximum atomic E-state index is 10.6. The lowest BCUT2D eigenvalue weighted by Crippen LogP contribution is -2.47. The zero-order chi connectivity index (χ0) is 27.6. The fourth-order valence-corrected chi connectivity index (χ4v) is 4.21. The second kappa shape index (κ2) is 13.9. The SMILES string of the molecule is O=C(O)C(F)(F)F.O=C(O)C(F)(F)F.c1cc(CO[C@@H]2CN(C3CCOCC3)[C@@H]3CCCO[C@@H]32)ccn1. The van der Waals surface area contributed by atoms with Crippen molar-refractivity contribution in [3.05, 3.63) is 30.1 Å². The standard InChI is InChI=1S/C18H26N2O3.2C2HF3O2/c1-2-16-18(22-9-1)17(23-13-14-3-7-19-8-4-14)12-20(16)15-5-10-21-11-6-15;2*3-2(4,5)1(6)7/h3-4,7-8,15-18H,1-2,5-6,9-13H2;2*(H,6,7)/t16-,17-,18+;;/m1../s1. The number of aromatic nitrogens is 1. The van der Waals surface area contributed by atoms with E-state index in [9.17, 15) is 26.3 Å². The Bertz CT molecular complexity index is 826. The third-order valence-electron chi connectivity index (χ3n) is 5.88. The van der Waals surface area contributed by atoms with Crippen molar-refractivity contribution < 1.29 is 60.4 Å². The monoisotopic (exact) mass is 546 g/mol. The van der Waals surface area contributed by atoms with Crippen LogP contribution in [0.4, 0.5) is 26.3 Å². The first-order valence-electron chi connectivity index (χ1n) is 11.4. The average molecular weight is 546 g/mol. The molecule has 0 radical (unpaired) electrons. The lowest BCUT2D eigenvalue weighted by molar-refractivity contribution is -0.193. The third-order valence-corrected chi connectivity index (χ3v) is 5.88. The van der Waals surface area contributed by atoms with Crippen LogP contribution in [0.5, 0.6) is 0 Å². The third kappa shape index (κ3) is 10.1. The molecule has 0 bridgehead atoms. The molecule has 3 fully saturated rings. The Hall–Kier alpha value is -2.49. The van der Waals surface area contributed by atoms with Gasteiger partial charge in [-0.2, -0.15) is 26.3 Å². The van der Waals surface area contributed by atoms with E-state index in [0.29, 0.717) is 18.7 Å². The number of fused-ring (bicyclic) bond motifs is 1. The molecule has 3 atom stereocenters. The molecule has 0 unspecified atom stereocenters. The van der Waals surface area contributed by atoms with E-state index >= 15 is 0 Å². The van der Waals surface area contributed by atoms with Crippen molar-refractivity contribution in [2.24, 2.45) is 0 Å². The number of carboxylic acids is 2. The van der Waals surface area contributed by atoms with Crippen molar-refractivity contribution in [3.63, 3.8) is 0 Å². The van der Waals surface area contributed by atoms with Gasteiger partial charge in [0.1, 0.15) is 6.10 Å². The molecule has 3 saturated heterocycles. The van der Waals surface area contributed by atoms with Gasteiger partial charge in [-0.25, -0.2) is 9.59 Å². The average Bonchev–Trinajstić information content (AvgIpc) is 3.22. The number of likely N-dealkylation sites (tertiary alicyclic amines) is 1. The van der Waals surface area contributed by atoms with Crippen LogP contribution in [-0.4, -0.2) is 95.0 Å². The van der Waals surface area contributed by atoms with Crippen LogP contribution in [0.2, 0.25) is 0 Å². The van der Waals surface area contributed by atoms with Gasteiger partial charge in [0, 0.05) is 50.8 Å². The van der Waals surface area contributed by atoms with Gasteiger partial charge in [-0.15, -0.1) is 0 Å². The molecule has 0 aliphatic carbocycles. The fourth-order valence-electron chi connectivity index (χ4n) is 4.21. The Balaban J connectivity index is 0.000000286. The van der Waals surface area contributed by atoms with Crippen molar-refractivity contribution in [2.45, 2.75) is 68.9 Å². The summed E-state index contributed by atoms with van der Waals surface area (Å²) in [6.07, 6.45) is -1.44. The number of nitrogens with zero attached hydrogens (tertiary/aromatic N) is 2. The number of hydrogen-bond donors (Lipinski definition) is 2. The minimum Gasteiger partial charge on any atom is -0.475 e. The summed E-state index contributed by atoms with van der Waals surface area (Å²) in [6.45, 7) is 4.29. The topological polar surface area (TPSA) is 118 Å². The summed E-state index contributed by atoms with van der Waals surface area (Å²) in [5.74, 6) is -5.51. The minimum atomic E-state index is -5.08. The van der Waals surface area contributed by atoms with E-state index < -0.39 is 24.3 Å². The van der Waals surface area contributed by atoms with Gasteiger partial charge >= 0.3 is 24.3 Å². The molecule has 4 heterocycles. The van der Waals surface area contributed by atoms with Gasteiger partial charge in [0.25, 0.3) is 0 Å². The molecule has 0 spiro atoms. The van der Waals surface area contributed by atoms with Crippen LogP contribution in [0.15, 0.2) is 24.5 Å². The number of rotatable bonds is 4. The van der Waals surface area contributed by atoms with Crippen molar-refractivity contribution in [3.8, 4) is 0 Å². The fraction of sp³-hybridized carbons (Fsp3) is 0.682. The van der Waals surface area contributed by atoms with Crippen LogP contribution in [0.1, 0.15) is 31.2 Å². The molecule has 1 aromatic rings. The van der Waals surface area contributed by atoms with E-state index in [0.717, 1.165) is 45.6 Å². The van der Waals surface area contributed by atoms with E-state index in [4.69, 9.17) is 34.0 Å². The zero-order valence-corrected chi connectivity index (χ0v) is 19.6. The predicted octanol–water partition coefficient (Wildman–Crippen LogP) is 3.28. The molecule has 3 aliphatic heterocycles. The number of ether oxygens (including phenoxy) is 3. The quantitative estimate of drug-likeness (QED) is 0.549. The number of aliphatic carboxylic acids is 2. The van der Waals surface area contributed by atoms with Gasteiger partial charge in [0.15, 0.2) is 0 Å². The van der Waals surface area contributed by atoms with E-state index in [1.165, 1.54) is 12.0 Å². The Morgan fingerprint density at radius 2 is 1.51 bits per heavy atom. The highest BCUT2D eigenvalue weighted by Crippen LogP contribution is 2.34. The van der Waals surface area contributed by atoms with Gasteiger partial charge in [0.05, 0.1) is 12.7 Å². The lowest BCUT2D eigenvalue weighted by atomic mass is 9.99. The van der Waals surface area contributed by atoms with Crippen LogP contribution < -0.4 is 0 Å². The first-order valence-corrected chi connectivity index (χ1v) is 11.4. The Morgan fingerprint density at radius 3 is 2.03 bits per heavy atom. The van der Waals surface area contributed by atoms with Gasteiger partial charge in [-0.1, -0.05) is 0 Å². The zero-order valence-electron chi connectivity index (χ0n) is 19.6. The summed E-state index contributed by atoms with van der Waals surface area (Å²) in [4.78, 5) is 24.5. The highest BCUT2D eigenvalue weighted by Gasteiger charge is 2.47. The van der Waals surface area contributed by atoms with Crippen LogP contribution in [0, 0.1) is 0 Å². The highest BCUT2D eigenvalue weighted by molar-refractivity contribution is 5.73. The molecular formula is C22H28F6N2O7. The van der Waals surface area contributed by atoms with Crippen molar-refractivity contribution in [1.82, 2.24) is 9.88 Å². The van der Waals surface area contributed by atoms with Gasteiger partial charge < -0.3 is 24.4 Å². The van der Waals surface area contributed by atoms with E-state index in [-0.39, 0.29) is 12.2 Å². The maximum Gasteiger partial charge on any atom is 0.490 e. The number of alkyl halides is 6. The first kappa shape index (κ1) is 30.7. The first-order chi connectivity index (χ1) is 17.3. The van der Waals surface area contributed by atoms with Crippen molar-refractivity contribution in [1.29, 1.82) is 0 Å². The normalized spacial score (nSPS) is 24.6. The Morgan fingerprint density at radius 1 is 0.973 bits per heavy atom. The molecular weight excluding hydrogens is 518 g/mol. The summed E-state index contributed by atoms with van der Waals surface area (Å²) in [6, 6.07) is 5.19. The molecule has 4 rings (SSSR count). The number of carbonyl (C=O) groups is 2. The molecule has 2 N–H and O–H groups in total. The number of carboxylic acid groups (broad SMARTS) is 2.